The molecule has 1 heterocycles. The minimum atomic E-state index is -0.593. The van der Waals surface area contributed by atoms with E-state index in [0.29, 0.717) is 5.82 Å². The second-order valence-electron chi connectivity index (χ2n) is 3.66. The van der Waals surface area contributed by atoms with E-state index in [-0.39, 0.29) is 18.0 Å². The summed E-state index contributed by atoms with van der Waals surface area (Å²) in [5.74, 6) is 0.539. The van der Waals surface area contributed by atoms with Gasteiger partial charge in [0.2, 0.25) is 0 Å². The van der Waals surface area contributed by atoms with Gasteiger partial charge in [-0.05, 0) is 20.3 Å². The third-order valence-electron chi connectivity index (χ3n) is 1.77. The van der Waals surface area contributed by atoms with E-state index in [1.165, 1.54) is 6.07 Å². The lowest BCUT2D eigenvalue weighted by molar-refractivity contribution is 0.508. The lowest BCUT2D eigenvalue weighted by atomic mass is 10.1. The van der Waals surface area contributed by atoms with Crippen LogP contribution in [0.3, 0.4) is 0 Å². The minimum absolute atomic E-state index is 0. The second kappa shape index (κ2) is 4.57. The van der Waals surface area contributed by atoms with E-state index >= 15 is 0 Å². The van der Waals surface area contributed by atoms with Gasteiger partial charge in [-0.1, -0.05) is 6.92 Å². The van der Waals surface area contributed by atoms with Crippen LogP contribution in [0.1, 0.15) is 32.3 Å². The van der Waals surface area contributed by atoms with Crippen LogP contribution in [0.25, 0.3) is 0 Å². The second-order valence-corrected chi connectivity index (χ2v) is 3.66. The third kappa shape index (κ3) is 3.12. The summed E-state index contributed by atoms with van der Waals surface area (Å²) in [5, 5.41) is 0. The van der Waals surface area contributed by atoms with Crippen LogP contribution in [0, 0.1) is 0 Å². The molecular formula is C9H16ClN3O. The Hall–Kier alpha value is -0.870. The van der Waals surface area contributed by atoms with Crippen molar-refractivity contribution < 1.29 is 0 Å². The minimum Gasteiger partial charge on any atom is -0.319 e. The predicted molar refractivity (Wildman–Crippen MR) is 58.7 cm³/mol. The average Bonchev–Trinajstić information content (AvgIpc) is 2.01. The maximum Gasteiger partial charge on any atom is 0.251 e. The molecule has 4 nitrogen and oxygen atoms in total. The molecule has 80 valence electrons. The number of rotatable bonds is 2. The summed E-state index contributed by atoms with van der Waals surface area (Å²) < 4.78 is 0. The maximum atomic E-state index is 11.2. The fraction of sp³-hybridized carbons (Fsp3) is 0.556. The molecule has 14 heavy (non-hydrogen) atoms. The van der Waals surface area contributed by atoms with Crippen molar-refractivity contribution in [3.05, 3.63) is 27.9 Å². The number of aryl methyl sites for hydroxylation is 1. The zero-order valence-electron chi connectivity index (χ0n) is 8.63. The van der Waals surface area contributed by atoms with Gasteiger partial charge < -0.3 is 10.7 Å². The van der Waals surface area contributed by atoms with Crippen molar-refractivity contribution in [1.29, 1.82) is 0 Å². The van der Waals surface area contributed by atoms with Gasteiger partial charge in [0.1, 0.15) is 5.82 Å². The van der Waals surface area contributed by atoms with Crippen molar-refractivity contribution in [2.45, 2.75) is 32.7 Å². The van der Waals surface area contributed by atoms with Crippen LogP contribution in [-0.4, -0.2) is 9.97 Å². The maximum absolute atomic E-state index is 11.2. The summed E-state index contributed by atoms with van der Waals surface area (Å²) in [6, 6.07) is 1.50. The SMILES string of the molecule is CCc1cc(=O)[nH]c(C(C)(C)N)n1.Cl. The molecule has 0 amide bonds. The molecule has 0 saturated heterocycles. The lowest BCUT2D eigenvalue weighted by Crippen LogP contribution is -2.33. The predicted octanol–water partition coefficient (Wildman–Crippen LogP) is 0.948. The quantitative estimate of drug-likeness (QED) is 0.775. The molecule has 0 fully saturated rings. The molecule has 1 aromatic rings. The monoisotopic (exact) mass is 217 g/mol. The van der Waals surface area contributed by atoms with E-state index < -0.39 is 5.54 Å². The molecule has 0 saturated carbocycles. The molecule has 0 aliphatic carbocycles. The third-order valence-corrected chi connectivity index (χ3v) is 1.77. The number of hydrogen-bond acceptors (Lipinski definition) is 3. The van der Waals surface area contributed by atoms with Gasteiger partial charge in [-0.3, -0.25) is 4.79 Å². The molecule has 1 aromatic heterocycles. The molecule has 0 spiro atoms. The number of nitrogens with one attached hydrogen (secondary N) is 1. The smallest absolute Gasteiger partial charge is 0.251 e. The Kier molecular flexibility index (Phi) is 4.29. The lowest BCUT2D eigenvalue weighted by Gasteiger charge is -2.17. The first-order valence-corrected chi connectivity index (χ1v) is 4.33. The number of H-pyrrole nitrogens is 1. The van der Waals surface area contributed by atoms with Crippen LogP contribution >= 0.6 is 12.4 Å². The van der Waals surface area contributed by atoms with E-state index in [9.17, 15) is 4.79 Å². The molecule has 1 rings (SSSR count). The average molecular weight is 218 g/mol. The summed E-state index contributed by atoms with van der Waals surface area (Å²) in [6.45, 7) is 5.57. The Morgan fingerprint density at radius 1 is 1.57 bits per heavy atom. The normalized spacial score (nSPS) is 10.9. The summed E-state index contributed by atoms with van der Waals surface area (Å²) in [5.41, 5.74) is 5.86. The van der Waals surface area contributed by atoms with Gasteiger partial charge in [0.05, 0.1) is 5.54 Å². The van der Waals surface area contributed by atoms with Crippen LogP contribution in [-0.2, 0) is 12.0 Å². The Morgan fingerprint density at radius 3 is 2.57 bits per heavy atom. The van der Waals surface area contributed by atoms with Gasteiger partial charge >= 0.3 is 0 Å². The number of hydrogen-bond donors (Lipinski definition) is 2. The van der Waals surface area contributed by atoms with E-state index in [1.807, 2.05) is 20.8 Å². The summed E-state index contributed by atoms with van der Waals surface area (Å²) in [6.07, 6.45) is 0.743. The zero-order valence-corrected chi connectivity index (χ0v) is 9.44. The van der Waals surface area contributed by atoms with Crippen LogP contribution in [0.4, 0.5) is 0 Å². The molecule has 0 unspecified atom stereocenters. The Bertz CT molecular complexity index is 354. The number of halogens is 1. The number of nitrogens with zero attached hydrogens (tertiary/aromatic N) is 1. The summed E-state index contributed by atoms with van der Waals surface area (Å²) in [4.78, 5) is 18.0. The van der Waals surface area contributed by atoms with Crippen molar-refractivity contribution >= 4 is 12.4 Å². The van der Waals surface area contributed by atoms with Crippen LogP contribution in [0.15, 0.2) is 10.9 Å². The topological polar surface area (TPSA) is 71.8 Å². The largest absolute Gasteiger partial charge is 0.319 e. The molecule has 0 aliphatic heterocycles. The highest BCUT2D eigenvalue weighted by molar-refractivity contribution is 5.85. The highest BCUT2D eigenvalue weighted by atomic mass is 35.5. The Labute approximate surface area is 89.3 Å². The van der Waals surface area contributed by atoms with E-state index in [1.54, 1.807) is 0 Å². The van der Waals surface area contributed by atoms with Crippen molar-refractivity contribution in [1.82, 2.24) is 9.97 Å². The molecule has 0 radical (unpaired) electrons. The van der Waals surface area contributed by atoms with E-state index in [0.717, 1.165) is 12.1 Å². The van der Waals surface area contributed by atoms with Crippen molar-refractivity contribution in [2.24, 2.45) is 5.73 Å². The van der Waals surface area contributed by atoms with Crippen molar-refractivity contribution in [3.63, 3.8) is 0 Å². The molecule has 5 heteroatoms. The molecule has 0 aromatic carbocycles. The number of nitrogens with two attached hydrogens (primary N) is 1. The zero-order chi connectivity index (χ0) is 10.1. The van der Waals surface area contributed by atoms with E-state index in [4.69, 9.17) is 5.73 Å². The summed E-state index contributed by atoms with van der Waals surface area (Å²) in [7, 11) is 0. The van der Waals surface area contributed by atoms with Gasteiger partial charge in [-0.25, -0.2) is 4.98 Å². The molecular weight excluding hydrogens is 202 g/mol. The number of aromatic amines is 1. The van der Waals surface area contributed by atoms with Crippen molar-refractivity contribution in [3.8, 4) is 0 Å². The Morgan fingerprint density at radius 2 is 2.14 bits per heavy atom. The van der Waals surface area contributed by atoms with Crippen LogP contribution in [0.2, 0.25) is 0 Å². The van der Waals surface area contributed by atoms with Crippen molar-refractivity contribution in [2.75, 3.05) is 0 Å². The van der Waals surface area contributed by atoms with E-state index in [2.05, 4.69) is 9.97 Å². The number of aromatic nitrogens is 2. The standard InChI is InChI=1S/C9H15N3O.ClH/c1-4-6-5-7(13)12-8(11-6)9(2,3)10;/h5H,4,10H2,1-3H3,(H,11,12,13);1H. The van der Waals surface area contributed by atoms with Gasteiger partial charge in [-0.2, -0.15) is 0 Å². The van der Waals surface area contributed by atoms with Gasteiger partial charge in [0.25, 0.3) is 5.56 Å². The Balaban J connectivity index is 0.00000169. The molecule has 0 aliphatic rings. The molecule has 0 bridgehead atoms. The summed E-state index contributed by atoms with van der Waals surface area (Å²) >= 11 is 0. The van der Waals surface area contributed by atoms with Crippen LogP contribution < -0.4 is 11.3 Å². The first-order valence-electron chi connectivity index (χ1n) is 4.33. The highest BCUT2D eigenvalue weighted by Crippen LogP contribution is 2.09. The van der Waals surface area contributed by atoms with Gasteiger partial charge in [-0.15, -0.1) is 12.4 Å². The van der Waals surface area contributed by atoms with Gasteiger partial charge in [0, 0.05) is 11.8 Å². The first kappa shape index (κ1) is 13.1. The highest BCUT2D eigenvalue weighted by Gasteiger charge is 2.17. The fourth-order valence-electron chi connectivity index (χ4n) is 0.994. The fourth-order valence-corrected chi connectivity index (χ4v) is 0.994. The van der Waals surface area contributed by atoms with Gasteiger partial charge in [0.15, 0.2) is 0 Å². The first-order chi connectivity index (χ1) is 5.93. The molecule has 3 N–H and O–H groups in total. The molecule has 0 atom stereocenters. The van der Waals surface area contributed by atoms with Crippen LogP contribution in [0.5, 0.6) is 0 Å².